The monoisotopic (exact) mass is 325 g/mol. The number of likely N-dealkylation sites (tertiary alicyclic amines) is 1. The number of rotatable bonds is 10. The maximum atomic E-state index is 12.1. The van der Waals surface area contributed by atoms with Crippen LogP contribution in [0.5, 0.6) is 0 Å². The minimum Gasteiger partial charge on any atom is -0.395 e. The standard InChI is InChI=1S/C16H27N3O2S/c20-11-7-18-12-14-4-5-16(22-14)15(21)13-17-6-10-19-8-2-1-3-9-19/h4-5,17-18,20H,1-3,6-13H2. The van der Waals surface area contributed by atoms with Gasteiger partial charge in [-0.25, -0.2) is 0 Å². The molecule has 1 aliphatic heterocycles. The molecule has 1 fully saturated rings. The average Bonchev–Trinajstić information content (AvgIpc) is 3.02. The fraction of sp³-hybridized carbons (Fsp3) is 0.688. The third-order valence-corrected chi connectivity index (χ3v) is 4.99. The van der Waals surface area contributed by atoms with Crippen LogP contribution in [0.25, 0.3) is 0 Å². The summed E-state index contributed by atoms with van der Waals surface area (Å²) in [6.07, 6.45) is 3.97. The number of ketones is 1. The molecule has 0 bridgehead atoms. The van der Waals surface area contributed by atoms with Crippen molar-refractivity contribution in [2.24, 2.45) is 0 Å². The summed E-state index contributed by atoms with van der Waals surface area (Å²) < 4.78 is 0. The van der Waals surface area contributed by atoms with Gasteiger partial charge in [-0.1, -0.05) is 6.42 Å². The zero-order chi connectivity index (χ0) is 15.6. The van der Waals surface area contributed by atoms with Crippen molar-refractivity contribution >= 4 is 17.1 Å². The van der Waals surface area contributed by atoms with Gasteiger partial charge in [0, 0.05) is 31.1 Å². The van der Waals surface area contributed by atoms with E-state index in [4.69, 9.17) is 5.11 Å². The van der Waals surface area contributed by atoms with Crippen LogP contribution >= 0.6 is 11.3 Å². The molecule has 0 saturated carbocycles. The van der Waals surface area contributed by atoms with Crippen LogP contribution in [0.15, 0.2) is 12.1 Å². The first-order chi connectivity index (χ1) is 10.8. The second-order valence-electron chi connectivity index (χ2n) is 5.67. The topological polar surface area (TPSA) is 64.6 Å². The second-order valence-corrected chi connectivity index (χ2v) is 6.84. The molecule has 0 aliphatic carbocycles. The van der Waals surface area contributed by atoms with Crippen molar-refractivity contribution in [2.45, 2.75) is 25.8 Å². The first-order valence-corrected chi connectivity index (χ1v) is 8.98. The van der Waals surface area contributed by atoms with Gasteiger partial charge in [0.2, 0.25) is 0 Å². The molecule has 3 N–H and O–H groups in total. The Morgan fingerprint density at radius 3 is 2.77 bits per heavy atom. The van der Waals surface area contributed by atoms with E-state index in [1.54, 1.807) is 0 Å². The summed E-state index contributed by atoms with van der Waals surface area (Å²) in [6.45, 7) is 6.15. The lowest BCUT2D eigenvalue weighted by molar-refractivity contribution is 0.0993. The Morgan fingerprint density at radius 1 is 1.18 bits per heavy atom. The zero-order valence-electron chi connectivity index (χ0n) is 13.1. The molecule has 2 rings (SSSR count). The summed E-state index contributed by atoms with van der Waals surface area (Å²) in [5.74, 6) is 0.164. The molecule has 6 heteroatoms. The maximum Gasteiger partial charge on any atom is 0.186 e. The summed E-state index contributed by atoms with van der Waals surface area (Å²) in [4.78, 5) is 16.5. The fourth-order valence-corrected chi connectivity index (χ4v) is 3.54. The van der Waals surface area contributed by atoms with E-state index in [9.17, 15) is 4.79 Å². The highest BCUT2D eigenvalue weighted by atomic mass is 32.1. The molecular weight excluding hydrogens is 298 g/mol. The second kappa shape index (κ2) is 10.1. The number of hydrogen-bond donors (Lipinski definition) is 3. The molecule has 0 radical (unpaired) electrons. The van der Waals surface area contributed by atoms with E-state index < -0.39 is 0 Å². The number of piperidine rings is 1. The Morgan fingerprint density at radius 2 is 2.00 bits per heavy atom. The molecule has 0 spiro atoms. The molecule has 0 atom stereocenters. The number of aliphatic hydroxyl groups is 1. The Labute approximate surface area is 136 Å². The van der Waals surface area contributed by atoms with Gasteiger partial charge < -0.3 is 20.6 Å². The van der Waals surface area contributed by atoms with Crippen molar-refractivity contribution < 1.29 is 9.90 Å². The zero-order valence-corrected chi connectivity index (χ0v) is 14.0. The maximum absolute atomic E-state index is 12.1. The van der Waals surface area contributed by atoms with Gasteiger partial charge in [0.25, 0.3) is 0 Å². The Kier molecular flexibility index (Phi) is 8.04. The van der Waals surface area contributed by atoms with Gasteiger partial charge in [-0.05, 0) is 38.1 Å². The Balaban J connectivity index is 1.62. The number of carbonyl (C=O) groups is 1. The smallest absolute Gasteiger partial charge is 0.186 e. The molecular formula is C16H27N3O2S. The number of aliphatic hydroxyl groups excluding tert-OH is 1. The number of Topliss-reactive ketones (excluding diaryl/α,β-unsaturated/α-hetero) is 1. The number of nitrogens with zero attached hydrogens (tertiary/aromatic N) is 1. The summed E-state index contributed by atoms with van der Waals surface area (Å²) in [5.41, 5.74) is 0. The van der Waals surface area contributed by atoms with E-state index in [-0.39, 0.29) is 12.4 Å². The van der Waals surface area contributed by atoms with Crippen LogP contribution in [0.4, 0.5) is 0 Å². The van der Waals surface area contributed by atoms with Gasteiger partial charge in [0.1, 0.15) is 0 Å². The van der Waals surface area contributed by atoms with Gasteiger partial charge in [-0.3, -0.25) is 4.79 Å². The molecule has 0 unspecified atom stereocenters. The lowest BCUT2D eigenvalue weighted by Crippen LogP contribution is -2.37. The molecule has 2 heterocycles. The highest BCUT2D eigenvalue weighted by molar-refractivity contribution is 7.14. The molecule has 1 aromatic heterocycles. The van der Waals surface area contributed by atoms with Crippen molar-refractivity contribution in [1.29, 1.82) is 0 Å². The van der Waals surface area contributed by atoms with Crippen LogP contribution in [-0.4, -0.2) is 61.7 Å². The molecule has 0 aromatic carbocycles. The van der Waals surface area contributed by atoms with E-state index >= 15 is 0 Å². The van der Waals surface area contributed by atoms with Crippen LogP contribution in [0, 0.1) is 0 Å². The molecule has 1 saturated heterocycles. The lowest BCUT2D eigenvalue weighted by atomic mass is 10.1. The summed E-state index contributed by atoms with van der Waals surface area (Å²) >= 11 is 1.53. The van der Waals surface area contributed by atoms with Crippen LogP contribution in [-0.2, 0) is 6.54 Å². The van der Waals surface area contributed by atoms with E-state index in [1.165, 1.54) is 43.7 Å². The molecule has 1 aliphatic rings. The van der Waals surface area contributed by atoms with Gasteiger partial charge >= 0.3 is 0 Å². The molecule has 124 valence electrons. The van der Waals surface area contributed by atoms with Gasteiger partial charge in [0.15, 0.2) is 5.78 Å². The Bertz CT molecular complexity index is 444. The number of carbonyl (C=O) groups excluding carboxylic acids is 1. The van der Waals surface area contributed by atoms with Crippen molar-refractivity contribution in [2.75, 3.05) is 45.9 Å². The number of hydrogen-bond acceptors (Lipinski definition) is 6. The fourth-order valence-electron chi connectivity index (χ4n) is 2.62. The number of thiophene rings is 1. The summed E-state index contributed by atoms with van der Waals surface area (Å²) in [6, 6.07) is 3.88. The van der Waals surface area contributed by atoms with E-state index in [0.29, 0.717) is 19.6 Å². The highest BCUT2D eigenvalue weighted by Crippen LogP contribution is 2.16. The van der Waals surface area contributed by atoms with Gasteiger partial charge in [-0.15, -0.1) is 11.3 Å². The van der Waals surface area contributed by atoms with Crippen LogP contribution < -0.4 is 10.6 Å². The van der Waals surface area contributed by atoms with Crippen molar-refractivity contribution in [3.8, 4) is 0 Å². The minimum atomic E-state index is 0.137. The van der Waals surface area contributed by atoms with E-state index in [2.05, 4.69) is 15.5 Å². The number of nitrogens with one attached hydrogen (secondary N) is 2. The highest BCUT2D eigenvalue weighted by Gasteiger charge is 2.11. The summed E-state index contributed by atoms with van der Waals surface area (Å²) in [7, 11) is 0. The van der Waals surface area contributed by atoms with Crippen molar-refractivity contribution in [3.63, 3.8) is 0 Å². The summed E-state index contributed by atoms with van der Waals surface area (Å²) in [5, 5.41) is 15.1. The third-order valence-electron chi connectivity index (χ3n) is 3.86. The first kappa shape index (κ1) is 17.6. The third kappa shape index (κ3) is 6.14. The van der Waals surface area contributed by atoms with Crippen LogP contribution in [0.2, 0.25) is 0 Å². The van der Waals surface area contributed by atoms with Crippen molar-refractivity contribution in [1.82, 2.24) is 15.5 Å². The molecule has 1 aromatic rings. The average molecular weight is 325 g/mol. The van der Waals surface area contributed by atoms with Crippen molar-refractivity contribution in [3.05, 3.63) is 21.9 Å². The molecule has 22 heavy (non-hydrogen) atoms. The quantitative estimate of drug-likeness (QED) is 0.444. The Hall–Kier alpha value is -0.790. The minimum absolute atomic E-state index is 0.137. The van der Waals surface area contributed by atoms with Crippen LogP contribution in [0.3, 0.4) is 0 Å². The van der Waals surface area contributed by atoms with Crippen LogP contribution in [0.1, 0.15) is 33.8 Å². The van der Waals surface area contributed by atoms with Gasteiger partial charge in [-0.2, -0.15) is 0 Å². The van der Waals surface area contributed by atoms with E-state index in [0.717, 1.165) is 22.8 Å². The predicted molar refractivity (Wildman–Crippen MR) is 90.6 cm³/mol. The largest absolute Gasteiger partial charge is 0.395 e. The first-order valence-electron chi connectivity index (χ1n) is 8.16. The predicted octanol–water partition coefficient (Wildman–Crippen LogP) is 1.09. The normalized spacial score (nSPS) is 16.0. The van der Waals surface area contributed by atoms with Gasteiger partial charge in [0.05, 0.1) is 18.0 Å². The lowest BCUT2D eigenvalue weighted by Gasteiger charge is -2.26. The molecule has 5 nitrogen and oxygen atoms in total. The SMILES string of the molecule is O=C(CNCCN1CCCCC1)c1ccc(CNCCO)s1. The molecule has 0 amide bonds. The van der Waals surface area contributed by atoms with E-state index in [1.807, 2.05) is 12.1 Å².